The number of aromatic nitrogens is 1. The van der Waals surface area contributed by atoms with Crippen molar-refractivity contribution < 1.29 is 4.79 Å². The number of Topliss-reactive ketones (excluding diaryl/α,β-unsaturated/α-hetero) is 1. The van der Waals surface area contributed by atoms with Crippen molar-refractivity contribution in [2.45, 2.75) is 65.3 Å². The van der Waals surface area contributed by atoms with Crippen molar-refractivity contribution in [2.24, 2.45) is 22.7 Å². The molecule has 0 spiro atoms. The molecule has 0 amide bonds. The molecule has 2 fully saturated rings. The molecule has 4 atom stereocenters. The van der Waals surface area contributed by atoms with Gasteiger partial charge in [0.15, 0.2) is 0 Å². The van der Waals surface area contributed by atoms with Crippen molar-refractivity contribution in [1.82, 2.24) is 4.57 Å². The molecule has 132 valence electrons. The number of carbonyl (C=O) groups excluding carboxylic acids is 1. The molecule has 2 nitrogen and oxygen atoms in total. The Balaban J connectivity index is 1.66. The molecule has 1 aliphatic heterocycles. The van der Waals surface area contributed by atoms with Crippen LogP contribution in [0.4, 0.5) is 0 Å². The third kappa shape index (κ3) is 1.74. The van der Waals surface area contributed by atoms with E-state index in [-0.39, 0.29) is 16.4 Å². The van der Waals surface area contributed by atoms with Crippen LogP contribution in [-0.2, 0) is 16.8 Å². The summed E-state index contributed by atoms with van der Waals surface area (Å²) in [5, 5.41) is 1.38. The summed E-state index contributed by atoms with van der Waals surface area (Å²) in [7, 11) is 0. The van der Waals surface area contributed by atoms with Gasteiger partial charge in [0.2, 0.25) is 0 Å². The van der Waals surface area contributed by atoms with Gasteiger partial charge in [0.05, 0.1) is 0 Å². The molecule has 0 saturated heterocycles. The molecule has 0 N–H and O–H groups in total. The fourth-order valence-corrected chi connectivity index (χ4v) is 7.22. The van der Waals surface area contributed by atoms with Crippen LogP contribution in [0.15, 0.2) is 30.3 Å². The number of nitrogens with zero attached hydrogens (tertiary/aromatic N) is 1. The summed E-state index contributed by atoms with van der Waals surface area (Å²) in [6.45, 7) is 9.42. The Morgan fingerprint density at radius 2 is 1.80 bits per heavy atom. The lowest BCUT2D eigenvalue weighted by Crippen LogP contribution is -2.58. The van der Waals surface area contributed by atoms with Crippen molar-refractivity contribution in [2.75, 3.05) is 0 Å². The Bertz CT molecular complexity index is 891. The van der Waals surface area contributed by atoms with E-state index in [9.17, 15) is 4.79 Å². The summed E-state index contributed by atoms with van der Waals surface area (Å²) in [6, 6.07) is 11.3. The van der Waals surface area contributed by atoms with Crippen LogP contribution < -0.4 is 0 Å². The van der Waals surface area contributed by atoms with Crippen LogP contribution in [0.25, 0.3) is 10.9 Å². The molecule has 0 unspecified atom stereocenters. The molecular weight excluding hydrogens is 306 g/mol. The summed E-state index contributed by atoms with van der Waals surface area (Å²) in [6.07, 6.45) is 5.38. The molecule has 2 aliphatic carbocycles. The second kappa shape index (κ2) is 4.58. The first-order valence-electron chi connectivity index (χ1n) is 9.92. The van der Waals surface area contributed by atoms with Gasteiger partial charge in [0.25, 0.3) is 0 Å². The number of ketones is 1. The highest BCUT2D eigenvalue weighted by Gasteiger charge is 2.63. The summed E-state index contributed by atoms with van der Waals surface area (Å²) in [4.78, 5) is 12.6. The number of carbonyl (C=O) groups is 1. The Morgan fingerprint density at radius 3 is 2.60 bits per heavy atom. The van der Waals surface area contributed by atoms with Crippen molar-refractivity contribution in [3.8, 4) is 0 Å². The zero-order chi connectivity index (χ0) is 17.6. The molecule has 25 heavy (non-hydrogen) atoms. The van der Waals surface area contributed by atoms with Gasteiger partial charge in [0, 0.05) is 28.6 Å². The number of para-hydroxylation sites is 1. The van der Waals surface area contributed by atoms with E-state index in [1.807, 2.05) is 0 Å². The smallest absolute Gasteiger partial charge is 0.138 e. The third-order valence-electron chi connectivity index (χ3n) is 8.47. The van der Waals surface area contributed by atoms with Gasteiger partial charge in [-0.25, -0.2) is 0 Å². The lowest BCUT2D eigenvalue weighted by atomic mass is 9.45. The second-order valence-electron chi connectivity index (χ2n) is 9.89. The Labute approximate surface area is 150 Å². The standard InChI is InChI=1S/C23H29NO/c1-21(2)18-9-12-23(4)19(22(18,3)11-10-20(21)25)14-16-13-15-7-5-6-8-17(15)24(16)23/h5-8,13,18-19H,9-12,14H2,1-4H3/t18-,19+,22-,23+/m0/s1. The maximum absolute atomic E-state index is 12.6. The molecule has 1 aromatic heterocycles. The predicted molar refractivity (Wildman–Crippen MR) is 102 cm³/mol. The van der Waals surface area contributed by atoms with Crippen molar-refractivity contribution in [3.63, 3.8) is 0 Å². The van der Waals surface area contributed by atoms with E-state index in [1.54, 1.807) is 0 Å². The number of fused-ring (bicyclic) bond motifs is 7. The fourth-order valence-electron chi connectivity index (χ4n) is 7.22. The molecule has 2 aromatic rings. The highest BCUT2D eigenvalue weighted by atomic mass is 16.1. The van der Waals surface area contributed by atoms with Gasteiger partial charge in [-0.1, -0.05) is 39.0 Å². The fraction of sp³-hybridized carbons (Fsp3) is 0.609. The van der Waals surface area contributed by atoms with Gasteiger partial charge in [-0.3, -0.25) is 4.79 Å². The van der Waals surface area contributed by atoms with Gasteiger partial charge in [-0.2, -0.15) is 0 Å². The van der Waals surface area contributed by atoms with E-state index in [2.05, 4.69) is 62.6 Å². The Kier molecular flexibility index (Phi) is 2.87. The molecule has 2 heteroatoms. The number of benzene rings is 1. The minimum absolute atomic E-state index is 0.159. The van der Waals surface area contributed by atoms with Crippen LogP contribution in [0.2, 0.25) is 0 Å². The highest BCUT2D eigenvalue weighted by molar-refractivity contribution is 5.86. The topological polar surface area (TPSA) is 22.0 Å². The Morgan fingerprint density at radius 1 is 1.04 bits per heavy atom. The minimum atomic E-state index is -0.159. The number of hydrogen-bond acceptors (Lipinski definition) is 1. The molecule has 3 aliphatic rings. The largest absolute Gasteiger partial charge is 0.338 e. The lowest BCUT2D eigenvalue weighted by molar-refractivity contribution is -0.154. The maximum Gasteiger partial charge on any atom is 0.138 e. The highest BCUT2D eigenvalue weighted by Crippen LogP contribution is 2.65. The van der Waals surface area contributed by atoms with Crippen LogP contribution >= 0.6 is 0 Å². The monoisotopic (exact) mass is 335 g/mol. The van der Waals surface area contributed by atoms with Crippen LogP contribution in [0.1, 0.15) is 59.1 Å². The first-order chi connectivity index (χ1) is 11.8. The summed E-state index contributed by atoms with van der Waals surface area (Å²) in [5.41, 5.74) is 3.21. The summed E-state index contributed by atoms with van der Waals surface area (Å²) >= 11 is 0. The van der Waals surface area contributed by atoms with Crippen molar-refractivity contribution in [1.29, 1.82) is 0 Å². The zero-order valence-electron chi connectivity index (χ0n) is 15.9. The van der Waals surface area contributed by atoms with E-state index in [0.29, 0.717) is 17.6 Å². The van der Waals surface area contributed by atoms with Gasteiger partial charge in [0.1, 0.15) is 5.78 Å². The average molecular weight is 335 g/mol. The van der Waals surface area contributed by atoms with Gasteiger partial charge in [-0.05, 0) is 67.4 Å². The first kappa shape index (κ1) is 15.7. The Hall–Kier alpha value is -1.57. The molecule has 0 bridgehead atoms. The molecule has 2 heterocycles. The molecular formula is C23H29NO. The van der Waals surface area contributed by atoms with Crippen LogP contribution in [0, 0.1) is 22.7 Å². The quantitative estimate of drug-likeness (QED) is 0.637. The van der Waals surface area contributed by atoms with E-state index in [0.717, 1.165) is 12.8 Å². The van der Waals surface area contributed by atoms with Crippen LogP contribution in [0.3, 0.4) is 0 Å². The molecule has 5 rings (SSSR count). The molecule has 2 saturated carbocycles. The van der Waals surface area contributed by atoms with Gasteiger partial charge >= 0.3 is 0 Å². The van der Waals surface area contributed by atoms with E-state index < -0.39 is 0 Å². The van der Waals surface area contributed by atoms with Crippen LogP contribution in [0.5, 0.6) is 0 Å². The first-order valence-corrected chi connectivity index (χ1v) is 9.92. The summed E-state index contributed by atoms with van der Waals surface area (Å²) in [5.74, 6) is 1.66. The number of rotatable bonds is 0. The van der Waals surface area contributed by atoms with Gasteiger partial charge in [-0.15, -0.1) is 0 Å². The van der Waals surface area contributed by atoms with Crippen molar-refractivity contribution in [3.05, 3.63) is 36.0 Å². The zero-order valence-corrected chi connectivity index (χ0v) is 15.9. The van der Waals surface area contributed by atoms with Crippen molar-refractivity contribution >= 4 is 16.7 Å². The normalized spacial score (nSPS) is 39.1. The molecule has 1 aromatic carbocycles. The average Bonchev–Trinajstić information content (AvgIpc) is 3.07. The van der Waals surface area contributed by atoms with Gasteiger partial charge < -0.3 is 4.57 Å². The van der Waals surface area contributed by atoms with E-state index in [4.69, 9.17) is 0 Å². The minimum Gasteiger partial charge on any atom is -0.338 e. The lowest BCUT2D eigenvalue weighted by Gasteiger charge is -2.60. The summed E-state index contributed by atoms with van der Waals surface area (Å²) < 4.78 is 2.66. The third-order valence-corrected chi connectivity index (χ3v) is 8.47. The predicted octanol–water partition coefficient (Wildman–Crippen LogP) is 5.33. The van der Waals surface area contributed by atoms with E-state index >= 15 is 0 Å². The van der Waals surface area contributed by atoms with Crippen LogP contribution in [-0.4, -0.2) is 10.4 Å². The number of hydrogen-bond donors (Lipinski definition) is 0. The van der Waals surface area contributed by atoms with E-state index in [1.165, 1.54) is 35.9 Å². The SMILES string of the molecule is CC1(C)C(=O)CC[C@]2(C)[C@H]3Cc4cc5ccccc5n4[C@]3(C)CC[C@@H]12. The maximum atomic E-state index is 12.6. The second-order valence-corrected chi connectivity index (χ2v) is 9.89. The molecule has 0 radical (unpaired) electrons.